The number of oxime groups is 1. The van der Waals surface area contributed by atoms with Crippen LogP contribution in [-0.2, 0) is 9.84 Å². The Morgan fingerprint density at radius 2 is 1.95 bits per heavy atom. The summed E-state index contributed by atoms with van der Waals surface area (Å²) in [7, 11) is -3.37. The van der Waals surface area contributed by atoms with E-state index in [1.54, 1.807) is 0 Å². The second-order valence-electron chi connectivity index (χ2n) is 5.10. The lowest BCUT2D eigenvalue weighted by Crippen LogP contribution is -2.45. The first kappa shape index (κ1) is 15.7. The number of rotatable bonds is 6. The molecule has 0 saturated heterocycles. The van der Waals surface area contributed by atoms with E-state index < -0.39 is 9.84 Å². The molecule has 7 nitrogen and oxygen atoms in total. The van der Waals surface area contributed by atoms with Gasteiger partial charge in [0.2, 0.25) is 0 Å². The lowest BCUT2D eigenvalue weighted by Gasteiger charge is -2.32. The summed E-state index contributed by atoms with van der Waals surface area (Å²) in [5.74, 6) is -0.0770. The van der Waals surface area contributed by atoms with Crippen LogP contribution in [0, 0.1) is 0 Å². The highest BCUT2D eigenvalue weighted by atomic mass is 32.2. The third kappa shape index (κ3) is 3.93. The predicted molar refractivity (Wildman–Crippen MR) is 78.0 cm³/mol. The molecule has 116 valence electrons. The first-order valence-electron chi connectivity index (χ1n) is 6.64. The Morgan fingerprint density at radius 3 is 2.48 bits per heavy atom. The molecule has 1 aromatic carbocycles. The maximum absolute atomic E-state index is 12.1. The van der Waals surface area contributed by atoms with Gasteiger partial charge in [0.15, 0.2) is 15.7 Å². The molecule has 0 aromatic heterocycles. The third-order valence-electron chi connectivity index (χ3n) is 3.53. The van der Waals surface area contributed by atoms with E-state index in [1.807, 2.05) is 0 Å². The summed E-state index contributed by atoms with van der Waals surface area (Å²) in [6, 6.07) is 6.08. The summed E-state index contributed by atoms with van der Waals surface area (Å²) >= 11 is 0. The summed E-state index contributed by atoms with van der Waals surface area (Å²) in [5.41, 5.74) is 5.88. The lowest BCUT2D eigenvalue weighted by molar-refractivity contribution is 0.0635. The fraction of sp³-hybridized carbons (Fsp3) is 0.462. The minimum atomic E-state index is -3.37. The van der Waals surface area contributed by atoms with Crippen LogP contribution in [0.15, 0.2) is 34.3 Å². The van der Waals surface area contributed by atoms with E-state index in [-0.39, 0.29) is 28.6 Å². The van der Waals surface area contributed by atoms with Gasteiger partial charge in [-0.25, -0.2) is 8.42 Å². The van der Waals surface area contributed by atoms with Gasteiger partial charge in [0.1, 0.15) is 0 Å². The van der Waals surface area contributed by atoms with Gasteiger partial charge in [0, 0.05) is 18.2 Å². The number of nitrogens with two attached hydrogens (primary N) is 1. The van der Waals surface area contributed by atoms with Gasteiger partial charge in [-0.2, -0.15) is 0 Å². The number of benzene rings is 1. The molecule has 0 amide bonds. The lowest BCUT2D eigenvalue weighted by atomic mass is 9.90. The zero-order valence-corrected chi connectivity index (χ0v) is 12.3. The SMILES string of the molecule is N/C(=N/O)c1ccc(S(=O)(=O)CCNC2CC(O)C2)cc1. The van der Waals surface area contributed by atoms with Gasteiger partial charge in [-0.3, -0.25) is 0 Å². The fourth-order valence-electron chi connectivity index (χ4n) is 2.16. The molecule has 8 heteroatoms. The molecule has 21 heavy (non-hydrogen) atoms. The van der Waals surface area contributed by atoms with E-state index in [1.165, 1.54) is 24.3 Å². The minimum Gasteiger partial charge on any atom is -0.409 e. The molecule has 0 aliphatic heterocycles. The fourth-order valence-corrected chi connectivity index (χ4v) is 3.33. The summed E-state index contributed by atoms with van der Waals surface area (Å²) in [6.07, 6.45) is 1.09. The molecule has 1 saturated carbocycles. The van der Waals surface area contributed by atoms with E-state index >= 15 is 0 Å². The number of hydrogen-bond acceptors (Lipinski definition) is 6. The maximum atomic E-state index is 12.1. The Labute approximate surface area is 123 Å². The predicted octanol–water partition coefficient (Wildman–Crippen LogP) is -0.332. The van der Waals surface area contributed by atoms with Crippen molar-refractivity contribution in [1.82, 2.24) is 5.32 Å². The van der Waals surface area contributed by atoms with Crippen LogP contribution >= 0.6 is 0 Å². The van der Waals surface area contributed by atoms with Gasteiger partial charge in [-0.1, -0.05) is 5.16 Å². The van der Waals surface area contributed by atoms with Gasteiger partial charge in [0.25, 0.3) is 0 Å². The average molecular weight is 313 g/mol. The van der Waals surface area contributed by atoms with Crippen molar-refractivity contribution in [3.63, 3.8) is 0 Å². The second-order valence-corrected chi connectivity index (χ2v) is 7.21. The molecule has 0 spiro atoms. The van der Waals surface area contributed by atoms with Crippen molar-refractivity contribution >= 4 is 15.7 Å². The van der Waals surface area contributed by atoms with Crippen molar-refractivity contribution < 1.29 is 18.7 Å². The molecule has 1 aliphatic carbocycles. The highest BCUT2D eigenvalue weighted by Gasteiger charge is 2.26. The standard InChI is InChI=1S/C13H19N3O4S/c14-13(16-18)9-1-3-12(4-2-9)21(19,20)6-5-15-10-7-11(17)8-10/h1-4,10-11,15,17-18H,5-8H2,(H2,14,16). The number of amidine groups is 1. The third-order valence-corrected chi connectivity index (χ3v) is 5.27. The normalized spacial score (nSPS) is 22.8. The zero-order valence-electron chi connectivity index (χ0n) is 11.4. The largest absolute Gasteiger partial charge is 0.409 e. The molecule has 0 atom stereocenters. The number of hydrogen-bond donors (Lipinski definition) is 4. The number of aliphatic hydroxyl groups is 1. The quantitative estimate of drug-likeness (QED) is 0.247. The molecule has 1 fully saturated rings. The second kappa shape index (κ2) is 6.42. The van der Waals surface area contributed by atoms with Crippen LogP contribution in [0.5, 0.6) is 0 Å². The first-order chi connectivity index (χ1) is 9.92. The van der Waals surface area contributed by atoms with E-state index in [4.69, 9.17) is 16.0 Å². The Bertz CT molecular complexity index is 607. The topological polar surface area (TPSA) is 125 Å². The van der Waals surface area contributed by atoms with Gasteiger partial charge >= 0.3 is 0 Å². The van der Waals surface area contributed by atoms with Gasteiger partial charge in [-0.15, -0.1) is 0 Å². The van der Waals surface area contributed by atoms with Crippen molar-refractivity contribution in [2.24, 2.45) is 10.9 Å². The Kier molecular flexibility index (Phi) is 4.81. The number of nitrogens with zero attached hydrogens (tertiary/aromatic N) is 1. The molecular formula is C13H19N3O4S. The summed E-state index contributed by atoms with van der Waals surface area (Å²) in [5, 5.41) is 23.7. The van der Waals surface area contributed by atoms with E-state index in [2.05, 4.69) is 10.5 Å². The van der Waals surface area contributed by atoms with Crippen molar-refractivity contribution in [1.29, 1.82) is 0 Å². The smallest absolute Gasteiger partial charge is 0.179 e. The molecule has 5 N–H and O–H groups in total. The molecule has 0 unspecified atom stereocenters. The van der Waals surface area contributed by atoms with Crippen LogP contribution < -0.4 is 11.1 Å². The maximum Gasteiger partial charge on any atom is 0.179 e. The minimum absolute atomic E-state index is 0.0114. The molecule has 2 rings (SSSR count). The van der Waals surface area contributed by atoms with Crippen LogP contribution in [0.3, 0.4) is 0 Å². The number of nitrogens with one attached hydrogen (secondary N) is 1. The summed E-state index contributed by atoms with van der Waals surface area (Å²) < 4.78 is 24.3. The number of sulfone groups is 1. The van der Waals surface area contributed by atoms with Crippen LogP contribution in [0.25, 0.3) is 0 Å². The van der Waals surface area contributed by atoms with E-state index in [0.29, 0.717) is 24.9 Å². The van der Waals surface area contributed by atoms with Crippen molar-refractivity contribution in [3.05, 3.63) is 29.8 Å². The Hall–Kier alpha value is -1.64. The highest BCUT2D eigenvalue weighted by Crippen LogP contribution is 2.19. The van der Waals surface area contributed by atoms with Crippen molar-refractivity contribution in [3.8, 4) is 0 Å². The summed E-state index contributed by atoms with van der Waals surface area (Å²) in [6.45, 7) is 0.349. The highest BCUT2D eigenvalue weighted by molar-refractivity contribution is 7.91. The summed E-state index contributed by atoms with van der Waals surface area (Å²) in [4.78, 5) is 0.201. The van der Waals surface area contributed by atoms with Crippen LogP contribution in [0.2, 0.25) is 0 Å². The Morgan fingerprint density at radius 1 is 1.33 bits per heavy atom. The molecule has 0 heterocycles. The van der Waals surface area contributed by atoms with Crippen molar-refractivity contribution in [2.45, 2.75) is 29.9 Å². The molecular weight excluding hydrogens is 294 g/mol. The van der Waals surface area contributed by atoms with E-state index in [9.17, 15) is 8.42 Å². The Balaban J connectivity index is 1.92. The number of aliphatic hydroxyl groups excluding tert-OH is 1. The van der Waals surface area contributed by atoms with Gasteiger partial charge in [-0.05, 0) is 37.1 Å². The van der Waals surface area contributed by atoms with Crippen LogP contribution in [0.1, 0.15) is 18.4 Å². The first-order valence-corrected chi connectivity index (χ1v) is 8.30. The van der Waals surface area contributed by atoms with Gasteiger partial charge < -0.3 is 21.4 Å². The van der Waals surface area contributed by atoms with Crippen molar-refractivity contribution in [2.75, 3.05) is 12.3 Å². The molecule has 0 bridgehead atoms. The van der Waals surface area contributed by atoms with E-state index in [0.717, 1.165) is 0 Å². The monoisotopic (exact) mass is 313 g/mol. The molecule has 1 aliphatic rings. The van der Waals surface area contributed by atoms with Crippen LogP contribution in [-0.4, -0.2) is 49.0 Å². The molecule has 1 aromatic rings. The molecule has 0 radical (unpaired) electrons. The van der Waals surface area contributed by atoms with Crippen LogP contribution in [0.4, 0.5) is 0 Å². The van der Waals surface area contributed by atoms with Gasteiger partial charge in [0.05, 0.1) is 16.8 Å². The average Bonchev–Trinajstić information content (AvgIpc) is 2.44. The zero-order chi connectivity index (χ0) is 15.5.